The summed E-state index contributed by atoms with van der Waals surface area (Å²) in [4.78, 5) is 4.12. The number of rotatable bonds is 4. The van der Waals surface area contributed by atoms with Crippen molar-refractivity contribution >= 4 is 5.96 Å². The summed E-state index contributed by atoms with van der Waals surface area (Å²) >= 11 is 0. The maximum atomic E-state index is 12.8. The molecule has 3 nitrogen and oxygen atoms in total. The van der Waals surface area contributed by atoms with Gasteiger partial charge in [-0.05, 0) is 38.3 Å². The summed E-state index contributed by atoms with van der Waals surface area (Å²) in [6.07, 6.45) is -2.52. The first-order valence-corrected chi connectivity index (χ1v) is 7.42. The number of hydrogen-bond acceptors (Lipinski definition) is 1. The van der Waals surface area contributed by atoms with Gasteiger partial charge in [-0.2, -0.15) is 13.2 Å². The molecular weight excluding hydrogens is 291 g/mol. The molecule has 1 aromatic rings. The number of nitrogens with zero attached hydrogens (tertiary/aromatic N) is 1. The zero-order valence-electron chi connectivity index (χ0n) is 13.1. The molecule has 0 unspecified atom stereocenters. The second-order valence-corrected chi connectivity index (χ2v) is 6.08. The molecule has 0 amide bonds. The number of aliphatic imine (C=N–C) groups is 1. The van der Waals surface area contributed by atoms with E-state index in [9.17, 15) is 13.2 Å². The Labute approximate surface area is 129 Å². The largest absolute Gasteiger partial charge is 0.416 e. The number of halogens is 3. The van der Waals surface area contributed by atoms with Crippen LogP contribution in [0.2, 0.25) is 0 Å². The maximum absolute atomic E-state index is 12.8. The molecule has 1 fully saturated rings. The molecule has 0 saturated heterocycles. The van der Waals surface area contributed by atoms with Crippen LogP contribution in [-0.2, 0) is 11.6 Å². The van der Waals surface area contributed by atoms with Crippen LogP contribution in [0.4, 0.5) is 13.2 Å². The maximum Gasteiger partial charge on any atom is 0.416 e. The minimum absolute atomic E-state index is 0.212. The van der Waals surface area contributed by atoms with Crippen LogP contribution in [0, 0.1) is 0 Å². The Morgan fingerprint density at radius 3 is 2.50 bits per heavy atom. The van der Waals surface area contributed by atoms with E-state index in [-0.39, 0.29) is 11.5 Å². The molecule has 2 N–H and O–H groups in total. The first-order chi connectivity index (χ1) is 10.3. The highest BCUT2D eigenvalue weighted by molar-refractivity contribution is 5.80. The lowest BCUT2D eigenvalue weighted by molar-refractivity contribution is -0.137. The molecule has 0 bridgehead atoms. The van der Waals surface area contributed by atoms with Crippen LogP contribution < -0.4 is 10.6 Å². The van der Waals surface area contributed by atoms with E-state index in [0.29, 0.717) is 12.5 Å². The van der Waals surface area contributed by atoms with Crippen molar-refractivity contribution in [1.82, 2.24) is 10.6 Å². The van der Waals surface area contributed by atoms with Crippen molar-refractivity contribution in [3.8, 4) is 0 Å². The van der Waals surface area contributed by atoms with Gasteiger partial charge in [0.05, 0.1) is 5.56 Å². The molecule has 0 radical (unpaired) electrons. The quantitative estimate of drug-likeness (QED) is 0.661. The molecule has 1 saturated carbocycles. The van der Waals surface area contributed by atoms with Gasteiger partial charge in [-0.25, -0.2) is 0 Å². The summed E-state index contributed by atoms with van der Waals surface area (Å²) in [6.45, 7) is 4.60. The van der Waals surface area contributed by atoms with E-state index in [1.165, 1.54) is 12.1 Å². The first kappa shape index (κ1) is 16.6. The van der Waals surface area contributed by atoms with Crippen LogP contribution in [-0.4, -0.2) is 25.6 Å². The molecule has 1 aliphatic carbocycles. The van der Waals surface area contributed by atoms with Gasteiger partial charge in [0.25, 0.3) is 0 Å². The van der Waals surface area contributed by atoms with Crippen molar-refractivity contribution < 1.29 is 13.2 Å². The fraction of sp³-hybridized carbons (Fsp3) is 0.562. The normalized spacial score (nSPS) is 17.5. The Hall–Kier alpha value is -1.72. The summed E-state index contributed by atoms with van der Waals surface area (Å²) in [5.74, 6) is 0.674. The number of benzene rings is 1. The lowest BCUT2D eigenvalue weighted by Crippen LogP contribution is -2.44. The smallest absolute Gasteiger partial charge is 0.356 e. The Morgan fingerprint density at radius 2 is 2.00 bits per heavy atom. The molecule has 22 heavy (non-hydrogen) atoms. The van der Waals surface area contributed by atoms with Crippen molar-refractivity contribution in [2.45, 2.75) is 44.3 Å². The van der Waals surface area contributed by atoms with E-state index in [4.69, 9.17) is 0 Å². The third-order valence-electron chi connectivity index (χ3n) is 3.90. The Balaban J connectivity index is 2.09. The monoisotopic (exact) mass is 313 g/mol. The molecule has 122 valence electrons. The zero-order chi connectivity index (χ0) is 16.4. The highest BCUT2D eigenvalue weighted by atomic mass is 19.4. The van der Waals surface area contributed by atoms with E-state index >= 15 is 0 Å². The van der Waals surface area contributed by atoms with Crippen LogP contribution in [0.3, 0.4) is 0 Å². The van der Waals surface area contributed by atoms with Gasteiger partial charge in [-0.1, -0.05) is 18.2 Å². The van der Waals surface area contributed by atoms with E-state index in [0.717, 1.165) is 24.5 Å². The van der Waals surface area contributed by atoms with Crippen LogP contribution in [0.15, 0.2) is 29.3 Å². The summed E-state index contributed by atoms with van der Waals surface area (Å²) in [5, 5.41) is 6.39. The van der Waals surface area contributed by atoms with Crippen molar-refractivity contribution in [3.05, 3.63) is 35.4 Å². The molecule has 0 atom stereocenters. The average molecular weight is 313 g/mol. The fourth-order valence-electron chi connectivity index (χ4n) is 2.46. The van der Waals surface area contributed by atoms with Gasteiger partial charge in [-0.15, -0.1) is 0 Å². The Bertz CT molecular complexity index is 546. The summed E-state index contributed by atoms with van der Waals surface area (Å²) in [5.41, 5.74) is -0.0497. The van der Waals surface area contributed by atoms with Crippen molar-refractivity contribution in [1.29, 1.82) is 0 Å². The standard InChI is InChI=1S/C16H22F3N3/c1-11(2)22-14(20-3)21-10-15(7-8-15)12-5-4-6-13(9-12)16(17,18)19/h4-6,9,11H,7-8,10H2,1-3H3,(H2,20,21,22). The molecule has 6 heteroatoms. The predicted octanol–water partition coefficient (Wildman–Crippen LogP) is 3.31. The topological polar surface area (TPSA) is 36.4 Å². The second-order valence-electron chi connectivity index (χ2n) is 6.08. The van der Waals surface area contributed by atoms with Crippen molar-refractivity contribution in [2.75, 3.05) is 13.6 Å². The van der Waals surface area contributed by atoms with Gasteiger partial charge < -0.3 is 10.6 Å². The fourth-order valence-corrected chi connectivity index (χ4v) is 2.46. The van der Waals surface area contributed by atoms with Gasteiger partial charge in [0.2, 0.25) is 0 Å². The number of alkyl halides is 3. The van der Waals surface area contributed by atoms with E-state index < -0.39 is 11.7 Å². The van der Waals surface area contributed by atoms with Gasteiger partial charge in [0, 0.05) is 25.0 Å². The molecule has 0 spiro atoms. The van der Waals surface area contributed by atoms with Crippen LogP contribution in [0.25, 0.3) is 0 Å². The third-order valence-corrected chi connectivity index (χ3v) is 3.90. The summed E-state index contributed by atoms with van der Waals surface area (Å²) in [6, 6.07) is 5.90. The van der Waals surface area contributed by atoms with Crippen molar-refractivity contribution in [2.24, 2.45) is 4.99 Å². The summed E-state index contributed by atoms with van der Waals surface area (Å²) < 4.78 is 38.5. The second kappa shape index (κ2) is 6.18. The predicted molar refractivity (Wildman–Crippen MR) is 82.0 cm³/mol. The molecular formula is C16H22F3N3. The van der Waals surface area contributed by atoms with Crippen LogP contribution in [0.5, 0.6) is 0 Å². The minimum atomic E-state index is -4.30. The molecule has 0 aromatic heterocycles. The van der Waals surface area contributed by atoms with Gasteiger partial charge in [-0.3, -0.25) is 4.99 Å². The van der Waals surface area contributed by atoms with Gasteiger partial charge in [0.1, 0.15) is 0 Å². The minimum Gasteiger partial charge on any atom is -0.356 e. The lowest BCUT2D eigenvalue weighted by Gasteiger charge is -2.21. The Kier molecular flexibility index (Phi) is 4.68. The van der Waals surface area contributed by atoms with E-state index in [1.807, 2.05) is 13.8 Å². The average Bonchev–Trinajstić information content (AvgIpc) is 3.23. The van der Waals surface area contributed by atoms with Gasteiger partial charge >= 0.3 is 6.18 Å². The van der Waals surface area contributed by atoms with Crippen molar-refractivity contribution in [3.63, 3.8) is 0 Å². The molecule has 2 rings (SSSR count). The summed E-state index contributed by atoms with van der Waals surface area (Å²) in [7, 11) is 1.68. The molecule has 1 aliphatic rings. The van der Waals surface area contributed by atoms with E-state index in [1.54, 1.807) is 13.1 Å². The Morgan fingerprint density at radius 1 is 1.32 bits per heavy atom. The lowest BCUT2D eigenvalue weighted by atomic mass is 9.94. The van der Waals surface area contributed by atoms with Crippen LogP contribution >= 0.6 is 0 Å². The SMILES string of the molecule is CN=C(NCC1(c2cccc(C(F)(F)F)c2)CC1)NC(C)C. The number of guanidine groups is 1. The van der Waals surface area contributed by atoms with Crippen LogP contribution in [0.1, 0.15) is 37.8 Å². The molecule has 1 aromatic carbocycles. The number of nitrogens with one attached hydrogen (secondary N) is 2. The highest BCUT2D eigenvalue weighted by Gasteiger charge is 2.45. The van der Waals surface area contributed by atoms with E-state index in [2.05, 4.69) is 15.6 Å². The molecule has 0 aliphatic heterocycles. The van der Waals surface area contributed by atoms with Gasteiger partial charge in [0.15, 0.2) is 5.96 Å². The third kappa shape index (κ3) is 3.93. The molecule has 0 heterocycles. The highest BCUT2D eigenvalue weighted by Crippen LogP contribution is 2.48. The first-order valence-electron chi connectivity index (χ1n) is 7.42. The zero-order valence-corrected chi connectivity index (χ0v) is 13.1. The number of hydrogen-bond donors (Lipinski definition) is 2.